The lowest BCUT2D eigenvalue weighted by molar-refractivity contribution is -0.279. The molecular weight excluding hydrogens is 1680 g/mol. The van der Waals surface area contributed by atoms with Gasteiger partial charge in [-0.15, -0.1) is 0 Å². The minimum atomic E-state index is -4.47. The van der Waals surface area contributed by atoms with Gasteiger partial charge in [0.1, 0.15) is 5.78 Å². The molecule has 15 rings (SSSR count). The normalized spacial score (nSPS) is 39.4. The molecule has 14 fully saturated rings. The van der Waals surface area contributed by atoms with E-state index in [4.69, 9.17) is 4.43 Å². The number of ketones is 1. The summed E-state index contributed by atoms with van der Waals surface area (Å²) in [6, 6.07) is 0. The third-order valence-electron chi connectivity index (χ3n) is 37.3. The summed E-state index contributed by atoms with van der Waals surface area (Å²) >= 11 is 0. The molecule has 2 N–H and O–H groups in total. The lowest BCUT2D eigenvalue weighted by atomic mass is 9.60. The largest absolute Gasteiger partial charge is 1.00 e. The standard InChI is InChI=1S/C23H41F3OSi.C20H33F3O.C20H33F3.C20H31F3.C19H32O.C4H9F3Si.H2O/c1-5-6-17-7-9-18(10-8-17)19-11-12-21-16-22(23(24,25)26,27-28(2,3)4)14-13-20(21)15-19;1-2-3-14-4-6-15(7-5-14)16-8-9-18-13-19(24,20(21,22)23)11-10-17(18)12-16;2*1-2-3-14-4-6-15(7-5-14)16-8-9-18-13-19(20(21,22)23)11-10-17(18)12-16;1-2-3-14-4-6-15(7-5-14)16-8-9-18-13-19(20)11-10-17(18)12-16;1-8(2,3)4(5,6)7;/h17-21H,5-16H2,1-4H3;14-18,24H,2-13H2,1H3;14-19H,2-13H2,1H3;13-18H,2-12H2,1H3;14-18H,2-13H2,1H3;1-3H3;1H2. The van der Waals surface area contributed by atoms with Gasteiger partial charge in [-0.25, -0.2) is 0 Å². The van der Waals surface area contributed by atoms with Crippen LogP contribution in [0.1, 0.15) is 415 Å². The molecule has 0 aliphatic heterocycles. The number of aliphatic hydroxyl groups is 1. The SMILES string of the molecule is CCCC1CCC(C2CCC3C=C(C(F)(F)F)CCC3C2)CC1.CCCC1CCC(C2CCC3CC(=O)CCC3C2)CC1.CCCC1CCC(C2CCC3CC(C(F)(F)F)CCC3C2)CC1.CCCC1CCC(C2CCC3CC(O)(C(F)(F)F)CCC3C2)CC1.CCCC1CCC(C2CCC3CC(O[Si](C)(C)C)(C(F)(F)F)CCC3C2)CC1.C[Si](C)(C)C(F)(F)F.[H+].[OH-]. The highest BCUT2D eigenvalue weighted by molar-refractivity contribution is 6.78. The van der Waals surface area contributed by atoms with E-state index in [-0.39, 0.29) is 62.3 Å². The van der Waals surface area contributed by atoms with Crippen LogP contribution in [0.5, 0.6) is 0 Å². The van der Waals surface area contributed by atoms with Crippen molar-refractivity contribution in [2.45, 2.75) is 494 Å². The van der Waals surface area contributed by atoms with Gasteiger partial charge in [-0.05, 0) is 405 Å². The van der Waals surface area contributed by atoms with Gasteiger partial charge in [-0.1, -0.05) is 189 Å². The Hall–Kier alpha value is -1.33. The molecule has 0 bridgehead atoms. The third kappa shape index (κ3) is 31.9. The zero-order valence-electron chi connectivity index (χ0n) is 82.2. The maximum Gasteiger partial charge on any atom is 1.00 e. The smallest absolute Gasteiger partial charge is 0.870 e. The van der Waals surface area contributed by atoms with Gasteiger partial charge in [-0.3, -0.25) is 4.79 Å². The lowest BCUT2D eigenvalue weighted by Gasteiger charge is -2.51. The van der Waals surface area contributed by atoms with Crippen LogP contribution in [0.3, 0.4) is 0 Å². The van der Waals surface area contributed by atoms with Crippen LogP contribution in [0, 0.1) is 154 Å². The molecule has 742 valence electrons. The summed E-state index contributed by atoms with van der Waals surface area (Å²) in [5, 5.41) is 10.0. The van der Waals surface area contributed by atoms with E-state index in [1.807, 2.05) is 19.6 Å². The first-order valence-electron chi connectivity index (χ1n) is 53.3. The van der Waals surface area contributed by atoms with E-state index in [0.717, 1.165) is 178 Å². The van der Waals surface area contributed by atoms with Crippen LogP contribution in [0.15, 0.2) is 11.6 Å². The van der Waals surface area contributed by atoms with Crippen LogP contribution in [0.2, 0.25) is 39.3 Å². The molecule has 4 nitrogen and oxygen atoms in total. The van der Waals surface area contributed by atoms with E-state index in [1.54, 1.807) is 6.08 Å². The summed E-state index contributed by atoms with van der Waals surface area (Å²) in [7, 11) is -5.12. The number of allylic oxidation sites excluding steroid dienone is 2. The molecule has 0 spiro atoms. The summed E-state index contributed by atoms with van der Waals surface area (Å²) < 4.78 is 200. The Kier molecular flexibility index (Phi) is 42.0. The third-order valence-corrected chi connectivity index (χ3v) is 40.0. The Labute approximate surface area is 765 Å². The molecule has 18 unspecified atom stereocenters. The molecule has 0 aromatic rings. The van der Waals surface area contributed by atoms with Crippen molar-refractivity contribution in [2.75, 3.05) is 0 Å². The topological polar surface area (TPSA) is 76.5 Å². The van der Waals surface area contributed by atoms with Crippen molar-refractivity contribution >= 4 is 22.2 Å². The molecule has 0 saturated heterocycles. The molecule has 0 aromatic carbocycles. The lowest BCUT2D eigenvalue weighted by Crippen LogP contribution is -2.57. The van der Waals surface area contributed by atoms with Crippen LogP contribution >= 0.6 is 0 Å². The van der Waals surface area contributed by atoms with Crippen LogP contribution < -0.4 is 0 Å². The number of alkyl halides is 15. The van der Waals surface area contributed by atoms with Gasteiger partial charge in [0.15, 0.2) is 27.6 Å². The summed E-state index contributed by atoms with van der Waals surface area (Å²) in [4.78, 5) is 11.6. The number of hydrogen-bond donors (Lipinski definition) is 1. The predicted octanol–water partition coefficient (Wildman–Crippen LogP) is 35.7. The predicted molar refractivity (Wildman–Crippen MR) is 493 cm³/mol. The van der Waals surface area contributed by atoms with E-state index >= 15 is 0 Å². The highest BCUT2D eigenvalue weighted by Gasteiger charge is 2.62. The molecule has 0 amide bonds. The molecule has 14 saturated carbocycles. The zero-order valence-corrected chi connectivity index (χ0v) is 83.2. The average Bonchev–Trinajstić information content (AvgIpc) is 0.736. The van der Waals surface area contributed by atoms with Gasteiger partial charge in [0, 0.05) is 18.4 Å². The van der Waals surface area contributed by atoms with E-state index in [0.29, 0.717) is 61.1 Å². The molecular formula is C106H181F15O4Si2. The van der Waals surface area contributed by atoms with Crippen LogP contribution in [-0.4, -0.2) is 74.5 Å². The second kappa shape index (κ2) is 48.8. The van der Waals surface area contributed by atoms with Gasteiger partial charge in [0.25, 0.3) is 0 Å². The fraction of sp³-hybridized carbons (Fsp3) is 0.972. The van der Waals surface area contributed by atoms with Crippen LogP contribution in [0.25, 0.3) is 0 Å². The Morgan fingerprint density at radius 2 is 0.638 bits per heavy atom. The summed E-state index contributed by atoms with van der Waals surface area (Å²) in [5.74, 6) is 13.5. The molecule has 15 aliphatic carbocycles. The van der Waals surface area contributed by atoms with E-state index in [2.05, 4.69) is 34.6 Å². The quantitative estimate of drug-likeness (QED) is 0.0894. The minimum absolute atomic E-state index is 0. The van der Waals surface area contributed by atoms with Gasteiger partial charge < -0.3 is 15.0 Å². The number of fused-ring (bicyclic) bond motifs is 5. The molecule has 127 heavy (non-hydrogen) atoms. The molecule has 21 heteroatoms. The van der Waals surface area contributed by atoms with Crippen molar-refractivity contribution in [1.29, 1.82) is 0 Å². The average molecular weight is 1860 g/mol. The Morgan fingerprint density at radius 1 is 0.346 bits per heavy atom. The van der Waals surface area contributed by atoms with Crippen molar-refractivity contribution in [3.8, 4) is 0 Å². The summed E-state index contributed by atoms with van der Waals surface area (Å²) in [5.41, 5.74) is -4.54. The first kappa shape index (κ1) is 109. The highest BCUT2D eigenvalue weighted by Crippen LogP contribution is 2.60. The number of carbonyl (C=O) groups excluding carboxylic acids is 1. The number of rotatable bonds is 17. The molecule has 0 aromatic heterocycles. The second-order valence-corrected chi connectivity index (χ2v) is 57.2. The zero-order chi connectivity index (χ0) is 91.8. The van der Waals surface area contributed by atoms with Crippen molar-refractivity contribution in [1.82, 2.24) is 0 Å². The molecule has 0 radical (unpaired) electrons. The van der Waals surface area contributed by atoms with Crippen LogP contribution in [-0.2, 0) is 9.22 Å². The van der Waals surface area contributed by atoms with Crippen LogP contribution in [0.4, 0.5) is 65.9 Å². The fourth-order valence-corrected chi connectivity index (χ4v) is 31.3. The number of carbonyl (C=O) groups is 1. The van der Waals surface area contributed by atoms with E-state index in [1.165, 1.54) is 264 Å². The first-order valence-corrected chi connectivity index (χ1v) is 60.2. The summed E-state index contributed by atoms with van der Waals surface area (Å²) in [6.45, 7) is 20.9. The maximum atomic E-state index is 14.0. The number of hydrogen-bond acceptors (Lipinski definition) is 4. The van der Waals surface area contributed by atoms with Crippen molar-refractivity contribution < 1.29 is 87.1 Å². The molecule has 0 heterocycles. The van der Waals surface area contributed by atoms with Gasteiger partial charge >= 0.3 is 31.9 Å². The Bertz CT molecular complexity index is 3150. The number of Topliss-reactive ketones (excluding diaryl/α,β-unsaturated/α-hetero) is 1. The van der Waals surface area contributed by atoms with E-state index in [9.17, 15) is 75.8 Å². The minimum Gasteiger partial charge on any atom is -0.870 e. The van der Waals surface area contributed by atoms with Gasteiger partial charge in [0.05, 0.1) is 5.92 Å². The Morgan fingerprint density at radius 3 is 0.976 bits per heavy atom. The summed E-state index contributed by atoms with van der Waals surface area (Å²) in [6.07, 6.45) is 51.0. The maximum absolute atomic E-state index is 14.0. The first-order chi connectivity index (χ1) is 59.3. The number of halogens is 15. The van der Waals surface area contributed by atoms with Gasteiger partial charge in [0.2, 0.25) is 0 Å². The van der Waals surface area contributed by atoms with Crippen molar-refractivity contribution in [2.24, 2.45) is 154 Å². The van der Waals surface area contributed by atoms with Crippen molar-refractivity contribution in [3.05, 3.63) is 11.6 Å². The second-order valence-electron chi connectivity index (χ2n) is 47.7. The Balaban J connectivity index is 0.000000193. The van der Waals surface area contributed by atoms with Crippen molar-refractivity contribution in [3.63, 3.8) is 0 Å². The molecule has 15 aliphatic rings. The molecule has 18 atom stereocenters. The fourth-order valence-electron chi connectivity index (χ4n) is 29.8. The monoisotopic (exact) mass is 1860 g/mol. The highest BCUT2D eigenvalue weighted by atomic mass is 28.4. The van der Waals surface area contributed by atoms with Gasteiger partial charge in [-0.2, -0.15) is 65.9 Å². The van der Waals surface area contributed by atoms with E-state index < -0.39 is 64.0 Å².